The van der Waals surface area contributed by atoms with Crippen molar-refractivity contribution in [2.45, 2.75) is 0 Å². The van der Waals surface area contributed by atoms with Crippen LogP contribution >= 0.6 is 37.2 Å². The van der Waals surface area contributed by atoms with Crippen molar-refractivity contribution in [3.8, 4) is 11.1 Å². The van der Waals surface area contributed by atoms with Crippen molar-refractivity contribution in [1.29, 1.82) is 0 Å². The minimum atomic E-state index is 0.530. The Hall–Kier alpha value is -2.69. The quantitative estimate of drug-likeness (QED) is 0.126. The van der Waals surface area contributed by atoms with E-state index in [2.05, 4.69) is 194 Å². The van der Waals surface area contributed by atoms with E-state index < -0.39 is 0 Å². The van der Waals surface area contributed by atoms with Crippen LogP contribution in [0.4, 0.5) is 17.1 Å². The number of anilines is 3. The van der Waals surface area contributed by atoms with Gasteiger partial charge in [0.15, 0.2) is 0 Å². The van der Waals surface area contributed by atoms with Crippen molar-refractivity contribution in [2.75, 3.05) is 4.90 Å². The zero-order valence-corrected chi connectivity index (χ0v) is 28.0. The van der Waals surface area contributed by atoms with E-state index in [1.807, 2.05) is 0 Å². The Bertz CT molecular complexity index is 1810. The molecule has 0 atom stereocenters. The molecule has 0 radical (unpaired) electrons. The molecule has 0 fully saturated rings. The Labute approximate surface area is 264 Å². The van der Waals surface area contributed by atoms with Crippen molar-refractivity contribution in [3.05, 3.63) is 152 Å². The van der Waals surface area contributed by atoms with Crippen molar-refractivity contribution in [3.63, 3.8) is 0 Å². The molecule has 0 spiro atoms. The SMILES string of the molecule is I[I-]I.c1ccc(N(c2ccccc2)c2c3ccccc3c(-c3ccc4ccccc4c3)c3ccccc23)cc1. The van der Waals surface area contributed by atoms with Crippen LogP contribution in [0.3, 0.4) is 0 Å². The summed E-state index contributed by atoms with van der Waals surface area (Å²) < 4.78 is 0. The van der Waals surface area contributed by atoms with Gasteiger partial charge in [0.1, 0.15) is 0 Å². The van der Waals surface area contributed by atoms with E-state index in [1.54, 1.807) is 0 Å². The summed E-state index contributed by atoms with van der Waals surface area (Å²) >= 11 is 5.30. The molecule has 0 bridgehead atoms. The molecule has 0 N–H and O–H groups in total. The number of benzene rings is 7. The Morgan fingerprint density at radius 2 is 0.850 bits per heavy atom. The Morgan fingerprint density at radius 3 is 1.38 bits per heavy atom. The maximum absolute atomic E-state index is 2.40. The van der Waals surface area contributed by atoms with Crippen LogP contribution in [0.15, 0.2) is 152 Å². The van der Waals surface area contributed by atoms with Gasteiger partial charge in [-0.15, -0.1) is 0 Å². The maximum Gasteiger partial charge on any atom is 0.0618 e. The van der Waals surface area contributed by atoms with Crippen molar-refractivity contribution in [1.82, 2.24) is 0 Å². The smallest absolute Gasteiger partial charge is 0.0618 e. The minimum absolute atomic E-state index is 0.530. The third kappa shape index (κ3) is 5.45. The molecule has 0 heterocycles. The van der Waals surface area contributed by atoms with Gasteiger partial charge in [0.05, 0.1) is 5.69 Å². The number of para-hydroxylation sites is 2. The van der Waals surface area contributed by atoms with Crippen LogP contribution in [0.1, 0.15) is 0 Å². The summed E-state index contributed by atoms with van der Waals surface area (Å²) in [7, 11) is 0. The normalized spacial score (nSPS) is 10.9. The van der Waals surface area contributed by atoms with E-state index in [-0.39, 0.29) is 0 Å². The largest absolute Gasteiger partial charge is 0.309 e. The Morgan fingerprint density at radius 1 is 0.425 bits per heavy atom. The zero-order valence-electron chi connectivity index (χ0n) is 21.5. The molecule has 0 amide bonds. The maximum atomic E-state index is 2.40. The molecule has 4 heteroatoms. The van der Waals surface area contributed by atoms with Crippen LogP contribution in [0, 0.1) is 0 Å². The van der Waals surface area contributed by atoms with E-state index >= 15 is 0 Å². The van der Waals surface area contributed by atoms with Crippen molar-refractivity contribution < 1.29 is 13.3 Å². The molecule has 40 heavy (non-hydrogen) atoms. The molecular formula is C36H25I3N-. The summed E-state index contributed by atoms with van der Waals surface area (Å²) in [6.45, 7) is 0. The van der Waals surface area contributed by atoms with Gasteiger partial charge in [0.25, 0.3) is 0 Å². The fraction of sp³-hybridized carbons (Fsp3) is 0. The average molecular weight is 852 g/mol. The van der Waals surface area contributed by atoms with Gasteiger partial charge in [-0.05, 0) is 63.0 Å². The monoisotopic (exact) mass is 852 g/mol. The predicted octanol–water partition coefficient (Wildman–Crippen LogP) is 9.06. The predicted molar refractivity (Wildman–Crippen MR) is 187 cm³/mol. The first-order valence-corrected chi connectivity index (χ1v) is 25.6. The molecule has 7 aromatic rings. The summed E-state index contributed by atoms with van der Waals surface area (Å²) in [5, 5.41) is 7.49. The van der Waals surface area contributed by atoms with Gasteiger partial charge >= 0.3 is 50.5 Å². The van der Waals surface area contributed by atoms with Crippen LogP contribution in [-0.4, -0.2) is 0 Å². The second-order valence-corrected chi connectivity index (χ2v) is 25.7. The molecule has 0 aliphatic heterocycles. The average Bonchev–Trinajstić information content (AvgIpc) is 3.02. The standard InChI is InChI=1S/C36H25N.I3/c1-3-15-29(16-4-1)37(30-17-5-2-6-18-30)36-33-21-11-9-19-31(33)35(32-20-10-12-22-34(32)36)28-24-23-26-13-7-8-14-27(26)25-28;1-3-2/h1-25H;/q;-1. The van der Waals surface area contributed by atoms with Gasteiger partial charge in [-0.1, -0.05) is 121 Å². The molecule has 7 rings (SSSR count). The second-order valence-electron chi connectivity index (χ2n) is 9.44. The summed E-state index contributed by atoms with van der Waals surface area (Å²) in [6, 6.07) is 54.4. The first-order valence-electron chi connectivity index (χ1n) is 13.0. The van der Waals surface area contributed by atoms with Crippen LogP contribution < -0.4 is 18.2 Å². The fourth-order valence-corrected chi connectivity index (χ4v) is 5.56. The number of fused-ring (bicyclic) bond motifs is 3. The number of nitrogens with zero attached hydrogens (tertiary/aromatic N) is 1. The molecular weight excluding hydrogens is 827 g/mol. The van der Waals surface area contributed by atoms with E-state index in [4.69, 9.17) is 0 Å². The molecule has 0 saturated heterocycles. The Balaban J connectivity index is 0.000000925. The van der Waals surface area contributed by atoms with Crippen molar-refractivity contribution >= 4 is 86.6 Å². The van der Waals surface area contributed by atoms with E-state index in [9.17, 15) is 0 Å². The summed E-state index contributed by atoms with van der Waals surface area (Å²) in [4.78, 5) is 2.40. The van der Waals surface area contributed by atoms with E-state index in [0.29, 0.717) is 13.3 Å². The molecule has 7 aromatic carbocycles. The zero-order chi connectivity index (χ0) is 27.3. The van der Waals surface area contributed by atoms with Crippen LogP contribution in [0.25, 0.3) is 43.4 Å². The van der Waals surface area contributed by atoms with Crippen LogP contribution in [-0.2, 0) is 0 Å². The third-order valence-corrected chi connectivity index (χ3v) is 7.19. The number of rotatable bonds is 4. The molecule has 0 aromatic heterocycles. The molecule has 0 aliphatic carbocycles. The third-order valence-electron chi connectivity index (χ3n) is 7.19. The summed E-state index contributed by atoms with van der Waals surface area (Å²) in [6.07, 6.45) is 0. The van der Waals surface area contributed by atoms with Gasteiger partial charge in [-0.2, -0.15) is 0 Å². The number of halogens is 3. The van der Waals surface area contributed by atoms with Crippen molar-refractivity contribution in [2.24, 2.45) is 0 Å². The number of hydrogen-bond acceptors (Lipinski definition) is 1. The summed E-state index contributed by atoms with van der Waals surface area (Å²) in [5.41, 5.74) is 6.00. The second kappa shape index (κ2) is 12.9. The molecule has 0 unspecified atom stereocenters. The molecule has 1 nitrogen and oxygen atoms in total. The van der Waals surface area contributed by atoms with Gasteiger partial charge < -0.3 is 4.90 Å². The Kier molecular flexibility index (Phi) is 8.84. The molecule has 0 aliphatic rings. The summed E-state index contributed by atoms with van der Waals surface area (Å²) in [5.74, 6) is 0. The van der Waals surface area contributed by atoms with Crippen LogP contribution in [0.5, 0.6) is 0 Å². The van der Waals surface area contributed by atoms with E-state index in [1.165, 1.54) is 49.1 Å². The molecule has 196 valence electrons. The van der Waals surface area contributed by atoms with Crippen LogP contribution in [0.2, 0.25) is 0 Å². The van der Waals surface area contributed by atoms with E-state index in [0.717, 1.165) is 11.4 Å². The first-order chi connectivity index (χ1) is 19.8. The van der Waals surface area contributed by atoms with Gasteiger partial charge in [0.2, 0.25) is 0 Å². The minimum Gasteiger partial charge on any atom is -0.309 e. The van der Waals surface area contributed by atoms with Gasteiger partial charge in [-0.3, -0.25) is 0 Å². The first kappa shape index (κ1) is 27.5. The molecule has 0 saturated carbocycles. The fourth-order valence-electron chi connectivity index (χ4n) is 5.56. The topological polar surface area (TPSA) is 3.24 Å². The number of hydrogen-bond donors (Lipinski definition) is 0. The van der Waals surface area contributed by atoms with Gasteiger partial charge in [-0.25, -0.2) is 0 Å². The van der Waals surface area contributed by atoms with Gasteiger partial charge in [0, 0.05) is 22.1 Å².